The molecule has 0 atom stereocenters. The monoisotopic (exact) mass is 533 g/mol. The van der Waals surface area contributed by atoms with Crippen molar-refractivity contribution in [2.45, 2.75) is 13.3 Å². The molecule has 0 radical (unpaired) electrons. The third kappa shape index (κ3) is 9.09. The average Bonchev–Trinajstić information content (AvgIpc) is 2.77. The largest absolute Gasteiger partial charge is 0.357 e. The van der Waals surface area contributed by atoms with Gasteiger partial charge in [-0.25, -0.2) is 4.99 Å². The van der Waals surface area contributed by atoms with Gasteiger partial charge in [0.05, 0.1) is 0 Å². The van der Waals surface area contributed by atoms with Gasteiger partial charge in [-0.3, -0.25) is 9.59 Å². The van der Waals surface area contributed by atoms with Gasteiger partial charge in [0.1, 0.15) is 6.54 Å². The number of anilines is 1. The second-order valence-corrected chi connectivity index (χ2v) is 6.42. The summed E-state index contributed by atoms with van der Waals surface area (Å²) in [6.07, 6.45) is 6.09. The van der Waals surface area contributed by atoms with E-state index in [-0.39, 0.29) is 42.3 Å². The molecule has 0 saturated carbocycles. The Morgan fingerprint density at radius 2 is 1.87 bits per heavy atom. The predicted octanol–water partition coefficient (Wildman–Crippen LogP) is 2.38. The van der Waals surface area contributed by atoms with E-state index >= 15 is 0 Å². The number of carbonyl (C=O) groups is 2. The van der Waals surface area contributed by atoms with Gasteiger partial charge in [-0.2, -0.15) is 0 Å². The van der Waals surface area contributed by atoms with Gasteiger partial charge in [-0.05, 0) is 49.2 Å². The SMILES string of the molecule is C#Cc1cccc(NC(=O)CN=C(NCC)NCCc2cccc(C(=O)NC)c2)c1.I. The van der Waals surface area contributed by atoms with Crippen LogP contribution in [0.25, 0.3) is 0 Å². The van der Waals surface area contributed by atoms with E-state index in [0.717, 1.165) is 5.56 Å². The standard InChI is InChI=1S/C23H27N5O2.HI/c1-4-17-8-7-11-20(15-17)28-21(29)16-27-23(25-5-2)26-13-12-18-9-6-10-19(14-18)22(30)24-3;/h1,6-11,14-15H,5,12-13,16H2,2-3H3,(H,24,30)(H,28,29)(H2,25,26,27);1H. The molecule has 8 heteroatoms. The lowest BCUT2D eigenvalue weighted by atomic mass is 10.1. The fourth-order valence-corrected chi connectivity index (χ4v) is 2.72. The number of nitrogens with one attached hydrogen (secondary N) is 4. The van der Waals surface area contributed by atoms with E-state index in [1.54, 1.807) is 37.4 Å². The lowest BCUT2D eigenvalue weighted by molar-refractivity contribution is -0.114. The number of hydrogen-bond donors (Lipinski definition) is 4. The Bertz CT molecular complexity index is 953. The fourth-order valence-electron chi connectivity index (χ4n) is 2.72. The summed E-state index contributed by atoms with van der Waals surface area (Å²) < 4.78 is 0. The summed E-state index contributed by atoms with van der Waals surface area (Å²) in [6, 6.07) is 14.6. The van der Waals surface area contributed by atoms with Crippen LogP contribution in [0.15, 0.2) is 53.5 Å². The minimum atomic E-state index is -0.236. The second kappa shape index (κ2) is 14.0. The fraction of sp³-hybridized carbons (Fsp3) is 0.261. The molecular formula is C23H28IN5O2. The van der Waals surface area contributed by atoms with Crippen LogP contribution in [0.4, 0.5) is 5.69 Å². The number of amides is 2. The van der Waals surface area contributed by atoms with Crippen molar-refractivity contribution in [2.75, 3.05) is 32.0 Å². The van der Waals surface area contributed by atoms with Crippen molar-refractivity contribution < 1.29 is 9.59 Å². The zero-order valence-corrected chi connectivity index (χ0v) is 20.0. The number of nitrogens with zero attached hydrogens (tertiary/aromatic N) is 1. The molecule has 0 spiro atoms. The average molecular weight is 533 g/mol. The maximum atomic E-state index is 12.2. The first-order valence-electron chi connectivity index (χ1n) is 9.75. The molecule has 31 heavy (non-hydrogen) atoms. The predicted molar refractivity (Wildman–Crippen MR) is 136 cm³/mol. The maximum absolute atomic E-state index is 12.2. The third-order valence-corrected chi connectivity index (χ3v) is 4.16. The van der Waals surface area contributed by atoms with Crippen LogP contribution in [-0.2, 0) is 11.2 Å². The number of hydrogen-bond acceptors (Lipinski definition) is 3. The Balaban J connectivity index is 0.00000480. The van der Waals surface area contributed by atoms with Crippen LogP contribution in [0.3, 0.4) is 0 Å². The number of halogens is 1. The highest BCUT2D eigenvalue weighted by atomic mass is 127. The molecule has 0 saturated heterocycles. The number of rotatable bonds is 8. The minimum absolute atomic E-state index is 0. The van der Waals surface area contributed by atoms with Gasteiger partial charge in [0.2, 0.25) is 5.91 Å². The van der Waals surface area contributed by atoms with Crippen molar-refractivity contribution in [1.82, 2.24) is 16.0 Å². The van der Waals surface area contributed by atoms with E-state index in [2.05, 4.69) is 32.2 Å². The Labute approximate surface area is 200 Å². The van der Waals surface area contributed by atoms with Crippen LogP contribution in [0.2, 0.25) is 0 Å². The van der Waals surface area contributed by atoms with Crippen LogP contribution in [0.5, 0.6) is 0 Å². The summed E-state index contributed by atoms with van der Waals surface area (Å²) in [5.41, 5.74) is 3.00. The normalized spacial score (nSPS) is 10.3. The number of benzene rings is 2. The van der Waals surface area contributed by atoms with Gasteiger partial charge in [0.15, 0.2) is 5.96 Å². The first kappa shape index (κ1) is 26.0. The van der Waals surface area contributed by atoms with Crippen LogP contribution in [0.1, 0.15) is 28.4 Å². The Morgan fingerprint density at radius 1 is 1.10 bits per heavy atom. The molecule has 2 aromatic carbocycles. The number of guanidine groups is 1. The molecule has 0 aromatic heterocycles. The maximum Gasteiger partial charge on any atom is 0.251 e. The number of aliphatic imine (C=N–C) groups is 1. The molecule has 7 nitrogen and oxygen atoms in total. The first-order valence-corrected chi connectivity index (χ1v) is 9.75. The summed E-state index contributed by atoms with van der Waals surface area (Å²) in [7, 11) is 1.61. The van der Waals surface area contributed by atoms with Crippen LogP contribution in [0, 0.1) is 12.3 Å². The Morgan fingerprint density at radius 3 is 2.58 bits per heavy atom. The van der Waals surface area contributed by atoms with Gasteiger partial charge in [0, 0.05) is 37.0 Å². The minimum Gasteiger partial charge on any atom is -0.357 e. The molecule has 0 unspecified atom stereocenters. The smallest absolute Gasteiger partial charge is 0.251 e. The summed E-state index contributed by atoms with van der Waals surface area (Å²) in [5.74, 6) is 2.74. The van der Waals surface area contributed by atoms with E-state index in [9.17, 15) is 9.59 Å². The van der Waals surface area contributed by atoms with Crippen LogP contribution in [-0.4, -0.2) is 44.5 Å². The van der Waals surface area contributed by atoms with Crippen molar-refractivity contribution in [3.05, 3.63) is 65.2 Å². The van der Waals surface area contributed by atoms with Gasteiger partial charge in [-0.15, -0.1) is 30.4 Å². The zero-order valence-electron chi connectivity index (χ0n) is 17.7. The highest BCUT2D eigenvalue weighted by Gasteiger charge is 2.06. The molecule has 2 amide bonds. The number of carbonyl (C=O) groups excluding carboxylic acids is 2. The van der Waals surface area contributed by atoms with E-state index in [0.29, 0.717) is 42.3 Å². The van der Waals surface area contributed by atoms with Gasteiger partial charge in [0.25, 0.3) is 5.91 Å². The molecule has 2 rings (SSSR count). The third-order valence-electron chi connectivity index (χ3n) is 4.16. The van der Waals surface area contributed by atoms with Crippen molar-refractivity contribution in [2.24, 2.45) is 4.99 Å². The van der Waals surface area contributed by atoms with Crippen molar-refractivity contribution in [3.63, 3.8) is 0 Å². The second-order valence-electron chi connectivity index (χ2n) is 6.42. The molecule has 0 aliphatic carbocycles. The van der Waals surface area contributed by atoms with Crippen LogP contribution < -0.4 is 21.3 Å². The highest BCUT2D eigenvalue weighted by molar-refractivity contribution is 14.0. The van der Waals surface area contributed by atoms with E-state index < -0.39 is 0 Å². The van der Waals surface area contributed by atoms with E-state index in [4.69, 9.17) is 6.42 Å². The molecule has 0 bridgehead atoms. The molecule has 4 N–H and O–H groups in total. The summed E-state index contributed by atoms with van der Waals surface area (Å²) in [6.45, 7) is 3.20. The quantitative estimate of drug-likeness (QED) is 0.182. The summed E-state index contributed by atoms with van der Waals surface area (Å²) in [5, 5.41) is 11.7. The molecular weight excluding hydrogens is 505 g/mol. The van der Waals surface area contributed by atoms with Crippen molar-refractivity contribution in [1.29, 1.82) is 0 Å². The molecule has 0 aliphatic rings. The molecule has 0 aliphatic heterocycles. The molecule has 164 valence electrons. The van der Waals surface area contributed by atoms with E-state index in [1.165, 1.54) is 0 Å². The van der Waals surface area contributed by atoms with Crippen LogP contribution >= 0.6 is 24.0 Å². The summed E-state index contributed by atoms with van der Waals surface area (Å²) in [4.78, 5) is 28.2. The Hall–Kier alpha value is -3.06. The van der Waals surface area contributed by atoms with Gasteiger partial charge < -0.3 is 21.3 Å². The van der Waals surface area contributed by atoms with Crippen molar-refractivity contribution in [3.8, 4) is 12.3 Å². The van der Waals surface area contributed by atoms with Gasteiger partial charge >= 0.3 is 0 Å². The van der Waals surface area contributed by atoms with E-state index in [1.807, 2.05) is 25.1 Å². The lowest BCUT2D eigenvalue weighted by Gasteiger charge is -2.12. The molecule has 2 aromatic rings. The highest BCUT2D eigenvalue weighted by Crippen LogP contribution is 2.09. The lowest BCUT2D eigenvalue weighted by Crippen LogP contribution is -2.39. The molecule has 0 heterocycles. The molecule has 0 fully saturated rings. The van der Waals surface area contributed by atoms with Crippen molar-refractivity contribution >= 4 is 47.4 Å². The van der Waals surface area contributed by atoms with Gasteiger partial charge in [-0.1, -0.05) is 24.1 Å². The number of terminal acetylenes is 1. The first-order chi connectivity index (χ1) is 14.5. The Kier molecular flexibility index (Phi) is 11.8. The summed E-state index contributed by atoms with van der Waals surface area (Å²) >= 11 is 0. The zero-order chi connectivity index (χ0) is 21.8. The topological polar surface area (TPSA) is 94.6 Å².